The van der Waals surface area contributed by atoms with E-state index in [-0.39, 0.29) is 0 Å². The highest BCUT2D eigenvalue weighted by Crippen LogP contribution is 2.41. The summed E-state index contributed by atoms with van der Waals surface area (Å²) >= 11 is 0. The van der Waals surface area contributed by atoms with Gasteiger partial charge in [-0.2, -0.15) is 0 Å². The average Bonchev–Trinajstić information content (AvgIpc) is 3.79. The van der Waals surface area contributed by atoms with Crippen molar-refractivity contribution in [1.29, 1.82) is 0 Å². The van der Waals surface area contributed by atoms with E-state index in [1.54, 1.807) is 0 Å². The number of benzene rings is 7. The van der Waals surface area contributed by atoms with E-state index in [4.69, 9.17) is 8.83 Å². The van der Waals surface area contributed by atoms with E-state index in [9.17, 15) is 0 Å². The van der Waals surface area contributed by atoms with Gasteiger partial charge in [0.2, 0.25) is 0 Å². The molecular weight excluding hydrogens is 657 g/mol. The Morgan fingerprint density at radius 2 is 1.22 bits per heavy atom. The summed E-state index contributed by atoms with van der Waals surface area (Å²) in [5, 5.41) is 12.2. The molecule has 2 aromatic heterocycles. The largest absolute Gasteiger partial charge is 0.456 e. The Labute approximate surface area is 311 Å². The maximum Gasteiger partial charge on any atom is 0.136 e. The SMILES string of the molecule is C1=CC2=CC=C(c3c4c(c(-c5cccc(-c6ccc7oc8ccc9cc%10c(cc9c8c7c6)oc6ccccc6%10)c5)c5ccccc35)=CCCC=4)CC2C=C1. The molecule has 9 aromatic rings. The maximum atomic E-state index is 6.46. The summed E-state index contributed by atoms with van der Waals surface area (Å²) < 4.78 is 12.8. The first-order valence-corrected chi connectivity index (χ1v) is 19.1. The van der Waals surface area contributed by atoms with E-state index in [0.29, 0.717) is 5.92 Å². The quantitative estimate of drug-likeness (QED) is 0.184. The van der Waals surface area contributed by atoms with Gasteiger partial charge in [-0.05, 0) is 133 Å². The van der Waals surface area contributed by atoms with Crippen LogP contribution in [-0.4, -0.2) is 0 Å². The minimum Gasteiger partial charge on any atom is -0.456 e. The van der Waals surface area contributed by atoms with Crippen LogP contribution in [0.15, 0.2) is 166 Å². The van der Waals surface area contributed by atoms with Crippen LogP contribution in [0.25, 0.3) is 105 Å². The first kappa shape index (κ1) is 29.9. The Balaban J connectivity index is 1.04. The molecule has 2 nitrogen and oxygen atoms in total. The molecule has 0 saturated carbocycles. The minimum absolute atomic E-state index is 0.433. The Morgan fingerprint density at radius 1 is 0.481 bits per heavy atom. The van der Waals surface area contributed by atoms with Gasteiger partial charge in [-0.3, -0.25) is 0 Å². The fourth-order valence-corrected chi connectivity index (χ4v) is 9.52. The zero-order valence-electron chi connectivity index (χ0n) is 29.6. The summed E-state index contributed by atoms with van der Waals surface area (Å²) in [6.07, 6.45) is 21.8. The van der Waals surface area contributed by atoms with Gasteiger partial charge in [0.05, 0.1) is 0 Å². The van der Waals surface area contributed by atoms with E-state index >= 15 is 0 Å². The number of rotatable bonds is 3. The second kappa shape index (κ2) is 11.4. The molecule has 0 fully saturated rings. The summed E-state index contributed by atoms with van der Waals surface area (Å²) in [6.45, 7) is 0. The zero-order valence-corrected chi connectivity index (χ0v) is 29.6. The lowest BCUT2D eigenvalue weighted by Gasteiger charge is -2.25. The molecule has 0 saturated heterocycles. The van der Waals surface area contributed by atoms with Crippen LogP contribution in [0.3, 0.4) is 0 Å². The van der Waals surface area contributed by atoms with Gasteiger partial charge in [-0.25, -0.2) is 0 Å². The molecule has 0 radical (unpaired) electrons. The van der Waals surface area contributed by atoms with Crippen LogP contribution in [0.1, 0.15) is 24.8 Å². The van der Waals surface area contributed by atoms with Crippen molar-refractivity contribution < 1.29 is 8.83 Å². The van der Waals surface area contributed by atoms with Crippen LogP contribution < -0.4 is 10.4 Å². The van der Waals surface area contributed by atoms with Gasteiger partial charge in [0.1, 0.15) is 22.3 Å². The molecule has 1 atom stereocenters. The molecular formula is C52H34O2. The van der Waals surface area contributed by atoms with Crippen LogP contribution >= 0.6 is 0 Å². The molecule has 3 aliphatic carbocycles. The van der Waals surface area contributed by atoms with Gasteiger partial charge in [-0.1, -0.05) is 121 Å². The van der Waals surface area contributed by atoms with Gasteiger partial charge in [0.15, 0.2) is 0 Å². The van der Waals surface area contributed by atoms with E-state index in [1.165, 1.54) is 65.6 Å². The van der Waals surface area contributed by atoms with Crippen molar-refractivity contribution in [3.63, 3.8) is 0 Å². The van der Waals surface area contributed by atoms with E-state index in [0.717, 1.165) is 68.5 Å². The second-order valence-corrected chi connectivity index (χ2v) is 15.0. The lowest BCUT2D eigenvalue weighted by Crippen LogP contribution is -2.33. The van der Waals surface area contributed by atoms with Crippen molar-refractivity contribution in [2.24, 2.45) is 5.92 Å². The number of fused-ring (bicyclic) bond motifs is 11. The van der Waals surface area contributed by atoms with Gasteiger partial charge in [-0.15, -0.1) is 0 Å². The summed E-state index contributed by atoms with van der Waals surface area (Å²) in [4.78, 5) is 0. The predicted octanol–water partition coefficient (Wildman–Crippen LogP) is 12.9. The number of para-hydroxylation sites is 1. The van der Waals surface area contributed by atoms with Crippen LogP contribution in [0.5, 0.6) is 0 Å². The van der Waals surface area contributed by atoms with Crippen molar-refractivity contribution in [3.05, 3.63) is 173 Å². The number of furan rings is 2. The molecule has 0 bridgehead atoms. The Bertz CT molecular complexity index is 3360. The van der Waals surface area contributed by atoms with Gasteiger partial charge in [0, 0.05) is 27.5 Å². The first-order valence-electron chi connectivity index (χ1n) is 19.1. The molecule has 0 amide bonds. The number of hydrogen-bond donors (Lipinski definition) is 0. The third-order valence-corrected chi connectivity index (χ3v) is 12.0. The highest BCUT2D eigenvalue weighted by molar-refractivity contribution is 6.22. The molecule has 3 aliphatic rings. The predicted molar refractivity (Wildman–Crippen MR) is 227 cm³/mol. The number of allylic oxidation sites excluding steroid dienone is 8. The maximum absolute atomic E-state index is 6.46. The molecule has 54 heavy (non-hydrogen) atoms. The van der Waals surface area contributed by atoms with Crippen LogP contribution in [0.2, 0.25) is 0 Å². The fourth-order valence-electron chi connectivity index (χ4n) is 9.52. The van der Waals surface area contributed by atoms with E-state index in [2.05, 4.69) is 152 Å². The third kappa shape index (κ3) is 4.40. The highest BCUT2D eigenvalue weighted by Gasteiger charge is 2.23. The molecule has 0 N–H and O–H groups in total. The minimum atomic E-state index is 0.433. The molecule has 2 heteroatoms. The lowest BCUT2D eigenvalue weighted by molar-refractivity contribution is 0.669. The second-order valence-electron chi connectivity index (χ2n) is 15.0. The van der Waals surface area contributed by atoms with Gasteiger partial charge < -0.3 is 8.83 Å². The Hall–Kier alpha value is -6.64. The average molecular weight is 691 g/mol. The molecule has 0 aliphatic heterocycles. The van der Waals surface area contributed by atoms with Gasteiger partial charge >= 0.3 is 0 Å². The van der Waals surface area contributed by atoms with Crippen LogP contribution in [0, 0.1) is 5.92 Å². The van der Waals surface area contributed by atoms with Crippen molar-refractivity contribution >= 4 is 83.1 Å². The third-order valence-electron chi connectivity index (χ3n) is 12.0. The van der Waals surface area contributed by atoms with Crippen molar-refractivity contribution in [2.45, 2.75) is 19.3 Å². The standard InChI is InChI=1S/C52H34O2/c1-2-11-32-26-37(21-20-31(32)10-1)51-41-17-5-3-15-39(41)50(40-16-4-6-18-42(40)51)36-13-9-12-33(27-36)34-22-24-47-45(28-34)52-43-30-49-44(29-35(43)23-25-48(52)53-47)38-14-7-8-19-46(38)54-49/h1-3,5,7-25,27-30,32H,4,6,26H2. The summed E-state index contributed by atoms with van der Waals surface area (Å²) in [6, 6.07) is 41.8. The molecule has 254 valence electrons. The molecule has 0 spiro atoms. The molecule has 2 heterocycles. The van der Waals surface area contributed by atoms with Crippen LogP contribution in [0.4, 0.5) is 0 Å². The lowest BCUT2D eigenvalue weighted by atomic mass is 9.79. The summed E-state index contributed by atoms with van der Waals surface area (Å²) in [7, 11) is 0. The molecule has 1 unspecified atom stereocenters. The molecule has 7 aromatic carbocycles. The van der Waals surface area contributed by atoms with Gasteiger partial charge in [0.25, 0.3) is 0 Å². The van der Waals surface area contributed by atoms with Crippen molar-refractivity contribution in [2.75, 3.05) is 0 Å². The fraction of sp³-hybridized carbons (Fsp3) is 0.0769. The Morgan fingerprint density at radius 3 is 2.13 bits per heavy atom. The molecule has 12 rings (SSSR count). The Kier molecular flexibility index (Phi) is 6.32. The first-order chi connectivity index (χ1) is 26.7. The summed E-state index contributed by atoms with van der Waals surface area (Å²) in [5.74, 6) is 0.433. The highest BCUT2D eigenvalue weighted by atomic mass is 16.3. The van der Waals surface area contributed by atoms with Crippen molar-refractivity contribution in [3.8, 4) is 22.3 Å². The van der Waals surface area contributed by atoms with E-state index < -0.39 is 0 Å². The smallest absolute Gasteiger partial charge is 0.136 e. The van der Waals surface area contributed by atoms with Crippen molar-refractivity contribution in [1.82, 2.24) is 0 Å². The van der Waals surface area contributed by atoms with E-state index in [1.807, 2.05) is 12.1 Å². The van der Waals surface area contributed by atoms with Crippen LogP contribution in [-0.2, 0) is 0 Å². The topological polar surface area (TPSA) is 26.3 Å². The normalized spacial score (nSPS) is 16.5. The monoisotopic (exact) mass is 690 g/mol. The zero-order chi connectivity index (χ0) is 35.3. The number of hydrogen-bond acceptors (Lipinski definition) is 2. The summed E-state index contributed by atoms with van der Waals surface area (Å²) in [5.41, 5.74) is 12.8.